The zero-order valence-corrected chi connectivity index (χ0v) is 10.7. The smallest absolute Gasteiger partial charge is 0.123 e. The van der Waals surface area contributed by atoms with Gasteiger partial charge in [0.1, 0.15) is 6.10 Å². The predicted molar refractivity (Wildman–Crippen MR) is 75.1 cm³/mol. The van der Waals surface area contributed by atoms with Crippen LogP contribution in [0, 0.1) is 0 Å². The van der Waals surface area contributed by atoms with Crippen molar-refractivity contribution in [1.29, 1.82) is 0 Å². The van der Waals surface area contributed by atoms with E-state index in [1.165, 1.54) is 0 Å². The van der Waals surface area contributed by atoms with E-state index < -0.39 is 6.10 Å². The van der Waals surface area contributed by atoms with Crippen LogP contribution in [-0.2, 0) is 0 Å². The van der Waals surface area contributed by atoms with Gasteiger partial charge in [0, 0.05) is 24.0 Å². The third kappa shape index (κ3) is 2.18. The Labute approximate surface area is 115 Å². The van der Waals surface area contributed by atoms with Crippen molar-refractivity contribution in [2.45, 2.75) is 6.10 Å². The van der Waals surface area contributed by atoms with Gasteiger partial charge in [-0.2, -0.15) is 0 Å². The Bertz CT molecular complexity index is 725. The van der Waals surface area contributed by atoms with Crippen LogP contribution in [0.15, 0.2) is 55.0 Å². The second-order valence-corrected chi connectivity index (χ2v) is 4.62. The molecule has 1 unspecified atom stereocenters. The van der Waals surface area contributed by atoms with E-state index in [2.05, 4.69) is 9.97 Å². The molecule has 0 spiro atoms. The van der Waals surface area contributed by atoms with Crippen molar-refractivity contribution in [2.75, 3.05) is 0 Å². The van der Waals surface area contributed by atoms with Gasteiger partial charge in [0.05, 0.1) is 10.7 Å². The molecule has 1 aromatic carbocycles. The van der Waals surface area contributed by atoms with E-state index in [4.69, 9.17) is 11.6 Å². The number of benzene rings is 1. The molecular weight excluding hydrogens is 260 g/mol. The maximum absolute atomic E-state index is 10.5. The summed E-state index contributed by atoms with van der Waals surface area (Å²) in [6.07, 6.45) is 4.25. The summed E-state index contributed by atoms with van der Waals surface area (Å²) in [4.78, 5) is 8.24. The van der Waals surface area contributed by atoms with Crippen LogP contribution in [0.4, 0.5) is 0 Å². The standard InChI is InChI=1S/C15H11ClN2O/c16-13-5-2-7-18-14(13)15(19)12-4-1-3-10-9-17-8-6-11(10)12/h1-9,15,19H. The van der Waals surface area contributed by atoms with Gasteiger partial charge in [0.25, 0.3) is 0 Å². The summed E-state index contributed by atoms with van der Waals surface area (Å²) < 4.78 is 0. The van der Waals surface area contributed by atoms with Crippen LogP contribution in [0.1, 0.15) is 17.4 Å². The summed E-state index contributed by atoms with van der Waals surface area (Å²) in [5, 5.41) is 12.9. The normalized spacial score (nSPS) is 12.5. The number of aliphatic hydroxyl groups excluding tert-OH is 1. The molecule has 0 saturated heterocycles. The van der Waals surface area contributed by atoms with Gasteiger partial charge < -0.3 is 5.11 Å². The average molecular weight is 271 g/mol. The SMILES string of the molecule is OC(c1ncccc1Cl)c1cccc2cnccc12. The number of halogens is 1. The highest BCUT2D eigenvalue weighted by Gasteiger charge is 2.17. The van der Waals surface area contributed by atoms with Crippen LogP contribution >= 0.6 is 11.6 Å². The summed E-state index contributed by atoms with van der Waals surface area (Å²) in [7, 11) is 0. The highest BCUT2D eigenvalue weighted by atomic mass is 35.5. The molecule has 0 radical (unpaired) electrons. The van der Waals surface area contributed by atoms with E-state index in [1.807, 2.05) is 24.3 Å². The fourth-order valence-electron chi connectivity index (χ4n) is 2.13. The zero-order valence-electron chi connectivity index (χ0n) is 9.99. The van der Waals surface area contributed by atoms with E-state index in [0.717, 1.165) is 16.3 Å². The Kier molecular flexibility index (Phi) is 3.15. The maximum Gasteiger partial charge on any atom is 0.123 e. The van der Waals surface area contributed by atoms with Gasteiger partial charge in [-0.15, -0.1) is 0 Å². The van der Waals surface area contributed by atoms with Crippen molar-refractivity contribution in [1.82, 2.24) is 9.97 Å². The summed E-state index contributed by atoms with van der Waals surface area (Å²) >= 11 is 6.09. The molecule has 94 valence electrons. The van der Waals surface area contributed by atoms with E-state index in [-0.39, 0.29) is 0 Å². The average Bonchev–Trinajstić information content (AvgIpc) is 2.46. The third-order valence-electron chi connectivity index (χ3n) is 3.05. The number of rotatable bonds is 2. The topological polar surface area (TPSA) is 46.0 Å². The number of nitrogens with zero attached hydrogens (tertiary/aromatic N) is 2. The summed E-state index contributed by atoms with van der Waals surface area (Å²) in [6.45, 7) is 0. The van der Waals surface area contributed by atoms with Crippen molar-refractivity contribution in [3.63, 3.8) is 0 Å². The molecule has 0 saturated carbocycles. The van der Waals surface area contributed by atoms with Crippen molar-refractivity contribution in [3.8, 4) is 0 Å². The van der Waals surface area contributed by atoms with Crippen LogP contribution in [0.5, 0.6) is 0 Å². The first-order valence-electron chi connectivity index (χ1n) is 5.88. The fourth-order valence-corrected chi connectivity index (χ4v) is 2.36. The lowest BCUT2D eigenvalue weighted by molar-refractivity contribution is 0.217. The molecule has 0 aliphatic heterocycles. The van der Waals surface area contributed by atoms with Crippen LogP contribution < -0.4 is 0 Å². The van der Waals surface area contributed by atoms with Gasteiger partial charge in [-0.3, -0.25) is 9.97 Å². The molecule has 0 bridgehead atoms. The molecule has 4 heteroatoms. The van der Waals surface area contributed by atoms with Crippen molar-refractivity contribution in [2.24, 2.45) is 0 Å². The van der Waals surface area contributed by atoms with E-state index in [0.29, 0.717) is 10.7 Å². The lowest BCUT2D eigenvalue weighted by atomic mass is 9.99. The molecule has 19 heavy (non-hydrogen) atoms. The fraction of sp³-hybridized carbons (Fsp3) is 0.0667. The Hall–Kier alpha value is -1.97. The molecule has 3 nitrogen and oxygen atoms in total. The second kappa shape index (κ2) is 4.96. The van der Waals surface area contributed by atoms with Gasteiger partial charge in [-0.25, -0.2) is 0 Å². The molecule has 0 amide bonds. The third-order valence-corrected chi connectivity index (χ3v) is 3.37. The second-order valence-electron chi connectivity index (χ2n) is 4.22. The van der Waals surface area contributed by atoms with Gasteiger partial charge in [-0.05, 0) is 29.1 Å². The number of aliphatic hydroxyl groups is 1. The number of hydrogen-bond donors (Lipinski definition) is 1. The zero-order chi connectivity index (χ0) is 13.2. The molecule has 0 aliphatic carbocycles. The van der Waals surface area contributed by atoms with Gasteiger partial charge >= 0.3 is 0 Å². The van der Waals surface area contributed by atoms with Crippen molar-refractivity contribution in [3.05, 3.63) is 71.3 Å². The lowest BCUT2D eigenvalue weighted by Gasteiger charge is -2.14. The summed E-state index contributed by atoms with van der Waals surface area (Å²) in [6, 6.07) is 11.1. The highest BCUT2D eigenvalue weighted by Crippen LogP contribution is 2.30. The molecule has 1 atom stereocenters. The minimum Gasteiger partial charge on any atom is -0.382 e. The summed E-state index contributed by atoms with van der Waals surface area (Å²) in [5.41, 5.74) is 1.24. The van der Waals surface area contributed by atoms with Gasteiger partial charge in [0.15, 0.2) is 0 Å². The van der Waals surface area contributed by atoms with Crippen molar-refractivity contribution >= 4 is 22.4 Å². The number of aromatic nitrogens is 2. The summed E-state index contributed by atoms with van der Waals surface area (Å²) in [5.74, 6) is 0. The number of pyridine rings is 2. The molecule has 0 aliphatic rings. The monoisotopic (exact) mass is 270 g/mol. The molecule has 1 N–H and O–H groups in total. The Morgan fingerprint density at radius 1 is 1.05 bits per heavy atom. The molecule has 0 fully saturated rings. The first-order chi connectivity index (χ1) is 9.27. The van der Waals surface area contributed by atoms with Gasteiger partial charge in [0.2, 0.25) is 0 Å². The first kappa shape index (κ1) is 12.1. The van der Waals surface area contributed by atoms with Crippen LogP contribution in [0.2, 0.25) is 5.02 Å². The molecule has 3 rings (SSSR count). The van der Waals surface area contributed by atoms with Crippen LogP contribution in [0.25, 0.3) is 10.8 Å². The molecule has 3 aromatic rings. The van der Waals surface area contributed by atoms with Crippen LogP contribution in [-0.4, -0.2) is 15.1 Å². The van der Waals surface area contributed by atoms with E-state index in [1.54, 1.807) is 30.7 Å². The molecular formula is C15H11ClN2O. The van der Waals surface area contributed by atoms with Gasteiger partial charge in [-0.1, -0.05) is 29.8 Å². The molecule has 2 heterocycles. The number of fused-ring (bicyclic) bond motifs is 1. The lowest BCUT2D eigenvalue weighted by Crippen LogP contribution is -2.03. The Morgan fingerprint density at radius 2 is 1.95 bits per heavy atom. The highest BCUT2D eigenvalue weighted by molar-refractivity contribution is 6.31. The molecule has 2 aromatic heterocycles. The maximum atomic E-state index is 10.5. The van der Waals surface area contributed by atoms with Crippen molar-refractivity contribution < 1.29 is 5.11 Å². The Morgan fingerprint density at radius 3 is 2.79 bits per heavy atom. The Balaban J connectivity index is 2.17. The largest absolute Gasteiger partial charge is 0.382 e. The number of hydrogen-bond acceptors (Lipinski definition) is 3. The minimum atomic E-state index is -0.847. The quantitative estimate of drug-likeness (QED) is 0.777. The van der Waals surface area contributed by atoms with Crippen LogP contribution in [0.3, 0.4) is 0 Å². The van der Waals surface area contributed by atoms with E-state index in [9.17, 15) is 5.11 Å². The van der Waals surface area contributed by atoms with E-state index >= 15 is 0 Å². The predicted octanol–water partition coefficient (Wildman–Crippen LogP) is 3.36. The minimum absolute atomic E-state index is 0.459. The first-order valence-corrected chi connectivity index (χ1v) is 6.26.